The first kappa shape index (κ1) is 17.4. The SMILES string of the molecule is O=C(NO)c1cnc(N2CCc3[nH]c4cc(-c5ccccc5)ccc4c3C2)nc1. The second-order valence-corrected chi connectivity index (χ2v) is 7.09. The number of fused-ring (bicyclic) bond motifs is 3. The summed E-state index contributed by atoms with van der Waals surface area (Å²) in [5.74, 6) is -0.0521. The molecule has 0 unspecified atom stereocenters. The zero-order valence-corrected chi connectivity index (χ0v) is 15.6. The van der Waals surface area contributed by atoms with Gasteiger partial charge in [-0.25, -0.2) is 15.4 Å². The largest absolute Gasteiger partial charge is 0.358 e. The predicted octanol–water partition coefficient (Wildman–Crippen LogP) is 3.31. The first-order chi connectivity index (χ1) is 14.2. The van der Waals surface area contributed by atoms with Crippen molar-refractivity contribution in [3.63, 3.8) is 0 Å². The molecular weight excluding hydrogens is 366 g/mol. The van der Waals surface area contributed by atoms with Crippen LogP contribution in [-0.4, -0.2) is 32.6 Å². The molecule has 2 aromatic carbocycles. The van der Waals surface area contributed by atoms with E-state index >= 15 is 0 Å². The highest BCUT2D eigenvalue weighted by molar-refractivity contribution is 5.92. The maximum Gasteiger partial charge on any atom is 0.277 e. The van der Waals surface area contributed by atoms with Gasteiger partial charge in [0.25, 0.3) is 5.91 Å². The van der Waals surface area contributed by atoms with Gasteiger partial charge >= 0.3 is 0 Å². The van der Waals surface area contributed by atoms with Crippen molar-refractivity contribution in [2.45, 2.75) is 13.0 Å². The number of amides is 1. The Labute approximate surface area is 167 Å². The van der Waals surface area contributed by atoms with Crippen LogP contribution in [0.25, 0.3) is 22.0 Å². The Kier molecular flexibility index (Phi) is 4.22. The zero-order chi connectivity index (χ0) is 19.8. The number of H-pyrrole nitrogens is 1. The molecule has 0 saturated heterocycles. The van der Waals surface area contributed by atoms with Crippen molar-refractivity contribution >= 4 is 22.8 Å². The predicted molar refractivity (Wildman–Crippen MR) is 110 cm³/mol. The summed E-state index contributed by atoms with van der Waals surface area (Å²) in [5.41, 5.74) is 7.83. The van der Waals surface area contributed by atoms with Crippen molar-refractivity contribution in [3.05, 3.63) is 77.7 Å². The Balaban J connectivity index is 1.45. The van der Waals surface area contributed by atoms with Gasteiger partial charge in [-0.05, 0) is 17.2 Å². The van der Waals surface area contributed by atoms with Crippen LogP contribution in [0, 0.1) is 0 Å². The van der Waals surface area contributed by atoms with E-state index in [0.717, 1.165) is 18.5 Å². The third-order valence-corrected chi connectivity index (χ3v) is 5.37. The van der Waals surface area contributed by atoms with E-state index in [9.17, 15) is 4.79 Å². The molecule has 3 N–H and O–H groups in total. The fourth-order valence-corrected chi connectivity index (χ4v) is 3.87. The number of carbonyl (C=O) groups is 1. The summed E-state index contributed by atoms with van der Waals surface area (Å²) < 4.78 is 0. The van der Waals surface area contributed by atoms with E-state index in [0.29, 0.717) is 12.5 Å². The molecule has 144 valence electrons. The highest BCUT2D eigenvalue weighted by Gasteiger charge is 2.22. The summed E-state index contributed by atoms with van der Waals surface area (Å²) in [5, 5.41) is 9.92. The topological polar surface area (TPSA) is 94.1 Å². The van der Waals surface area contributed by atoms with Crippen LogP contribution >= 0.6 is 0 Å². The van der Waals surface area contributed by atoms with Gasteiger partial charge in [-0.15, -0.1) is 0 Å². The fourth-order valence-electron chi connectivity index (χ4n) is 3.87. The number of nitrogens with one attached hydrogen (secondary N) is 2. The zero-order valence-electron chi connectivity index (χ0n) is 15.6. The Hall–Kier alpha value is -3.71. The van der Waals surface area contributed by atoms with Crippen LogP contribution in [-0.2, 0) is 13.0 Å². The number of benzene rings is 2. The molecule has 1 aliphatic rings. The van der Waals surface area contributed by atoms with E-state index < -0.39 is 5.91 Å². The molecule has 3 heterocycles. The second kappa shape index (κ2) is 7.03. The van der Waals surface area contributed by atoms with Gasteiger partial charge in [0.15, 0.2) is 0 Å². The fraction of sp³-hybridized carbons (Fsp3) is 0.136. The average Bonchev–Trinajstić information content (AvgIpc) is 3.16. The minimum absolute atomic E-state index is 0.217. The highest BCUT2D eigenvalue weighted by Crippen LogP contribution is 2.32. The summed E-state index contributed by atoms with van der Waals surface area (Å²) in [4.78, 5) is 25.7. The first-order valence-electron chi connectivity index (χ1n) is 9.43. The molecule has 29 heavy (non-hydrogen) atoms. The number of hydrogen-bond donors (Lipinski definition) is 3. The van der Waals surface area contributed by atoms with E-state index in [1.165, 1.54) is 40.2 Å². The second-order valence-electron chi connectivity index (χ2n) is 7.09. The van der Waals surface area contributed by atoms with E-state index in [2.05, 4.69) is 50.2 Å². The van der Waals surface area contributed by atoms with Crippen molar-refractivity contribution in [2.24, 2.45) is 0 Å². The Morgan fingerprint density at radius 2 is 1.86 bits per heavy atom. The average molecular weight is 385 g/mol. The minimum atomic E-state index is -0.622. The number of anilines is 1. The third-order valence-electron chi connectivity index (χ3n) is 5.37. The smallest absolute Gasteiger partial charge is 0.277 e. The lowest BCUT2D eigenvalue weighted by Gasteiger charge is -2.27. The van der Waals surface area contributed by atoms with Crippen LogP contribution in [0.2, 0.25) is 0 Å². The van der Waals surface area contributed by atoms with Crippen LogP contribution in [0.4, 0.5) is 5.95 Å². The van der Waals surface area contributed by atoms with E-state index in [4.69, 9.17) is 5.21 Å². The van der Waals surface area contributed by atoms with Crippen molar-refractivity contribution in [2.75, 3.05) is 11.4 Å². The first-order valence-corrected chi connectivity index (χ1v) is 9.43. The van der Waals surface area contributed by atoms with Gasteiger partial charge in [0.05, 0.1) is 5.56 Å². The molecule has 0 atom stereocenters. The van der Waals surface area contributed by atoms with Crippen LogP contribution in [0.5, 0.6) is 0 Å². The number of nitrogens with zero attached hydrogens (tertiary/aromatic N) is 3. The van der Waals surface area contributed by atoms with Gasteiger partial charge in [-0.3, -0.25) is 10.0 Å². The van der Waals surface area contributed by atoms with Crippen molar-refractivity contribution in [3.8, 4) is 11.1 Å². The highest BCUT2D eigenvalue weighted by atomic mass is 16.5. The lowest BCUT2D eigenvalue weighted by Crippen LogP contribution is -2.31. The van der Waals surface area contributed by atoms with Crippen LogP contribution in [0.15, 0.2) is 60.9 Å². The Bertz CT molecular complexity index is 1190. The van der Waals surface area contributed by atoms with Gasteiger partial charge in [-0.2, -0.15) is 0 Å². The molecule has 0 radical (unpaired) electrons. The lowest BCUT2D eigenvalue weighted by molar-refractivity contribution is 0.0705. The normalized spacial score (nSPS) is 13.3. The van der Waals surface area contributed by atoms with Gasteiger partial charge in [0.2, 0.25) is 5.95 Å². The van der Waals surface area contributed by atoms with E-state index in [1.807, 2.05) is 18.2 Å². The van der Waals surface area contributed by atoms with Gasteiger partial charge < -0.3 is 9.88 Å². The number of rotatable bonds is 3. The maximum atomic E-state index is 11.4. The molecule has 5 rings (SSSR count). The molecule has 0 bridgehead atoms. The van der Waals surface area contributed by atoms with Gasteiger partial charge in [0.1, 0.15) is 0 Å². The molecule has 2 aromatic heterocycles. The summed E-state index contributed by atoms with van der Waals surface area (Å²) in [6.07, 6.45) is 3.71. The maximum absolute atomic E-state index is 11.4. The number of hydroxylamine groups is 1. The van der Waals surface area contributed by atoms with Crippen molar-refractivity contribution in [1.29, 1.82) is 0 Å². The number of hydrogen-bond acceptors (Lipinski definition) is 5. The van der Waals surface area contributed by atoms with Crippen molar-refractivity contribution < 1.29 is 10.0 Å². The molecule has 0 aliphatic carbocycles. The molecule has 0 fully saturated rings. The van der Waals surface area contributed by atoms with Crippen LogP contribution in [0.3, 0.4) is 0 Å². The summed E-state index contributed by atoms with van der Waals surface area (Å²) in [6, 6.07) is 16.9. The number of aromatic amines is 1. The Morgan fingerprint density at radius 3 is 2.62 bits per heavy atom. The van der Waals surface area contributed by atoms with Gasteiger partial charge in [-0.1, -0.05) is 42.5 Å². The molecule has 7 nitrogen and oxygen atoms in total. The van der Waals surface area contributed by atoms with E-state index in [1.54, 1.807) is 5.48 Å². The van der Waals surface area contributed by atoms with E-state index in [-0.39, 0.29) is 5.56 Å². The third kappa shape index (κ3) is 3.11. The van der Waals surface area contributed by atoms with Crippen LogP contribution in [0.1, 0.15) is 21.6 Å². The minimum Gasteiger partial charge on any atom is -0.358 e. The molecule has 7 heteroatoms. The van der Waals surface area contributed by atoms with Crippen LogP contribution < -0.4 is 10.4 Å². The monoisotopic (exact) mass is 385 g/mol. The van der Waals surface area contributed by atoms with Gasteiger partial charge in [0, 0.05) is 54.1 Å². The molecule has 0 saturated carbocycles. The summed E-state index contributed by atoms with van der Waals surface area (Å²) >= 11 is 0. The summed E-state index contributed by atoms with van der Waals surface area (Å²) in [6.45, 7) is 1.49. The number of carbonyl (C=O) groups excluding carboxylic acids is 1. The summed E-state index contributed by atoms with van der Waals surface area (Å²) in [7, 11) is 0. The Morgan fingerprint density at radius 1 is 1.07 bits per heavy atom. The molecule has 0 spiro atoms. The number of aromatic nitrogens is 3. The molecule has 1 amide bonds. The standard InChI is InChI=1S/C22H19N5O2/c28-21(26-29)16-11-23-22(24-12-16)27-9-8-19-18(13-27)17-7-6-15(10-20(17)25-19)14-4-2-1-3-5-14/h1-7,10-12,25,29H,8-9,13H2,(H,26,28). The molecule has 4 aromatic rings. The van der Waals surface area contributed by atoms with Crippen molar-refractivity contribution in [1.82, 2.24) is 20.4 Å². The quantitative estimate of drug-likeness (QED) is 0.372. The molecule has 1 aliphatic heterocycles. The lowest BCUT2D eigenvalue weighted by atomic mass is 10.0. The molecular formula is C22H19N5O2.